The van der Waals surface area contributed by atoms with Gasteiger partial charge in [0, 0.05) is 29.8 Å². The SMILES string of the molecule is Cl.O=C(O)CCn1nnc(C=C2CN(C(C(=O)C3CC3)c3ccccc3F)CCC2S)n1. The zero-order valence-electron chi connectivity index (χ0n) is 17.3. The maximum atomic E-state index is 14.6. The summed E-state index contributed by atoms with van der Waals surface area (Å²) >= 11 is 4.67. The lowest BCUT2D eigenvalue weighted by Gasteiger charge is -2.37. The standard InChI is InChI=1S/C21H24FN5O3S.ClH/c22-16-4-2-1-3-15(16)20(21(30)13-5-6-13)26-9-7-17(31)14(12-26)11-18-23-25-27(24-18)10-8-19(28)29;/h1-4,11,13,17,20,31H,5-10,12H2,(H,28,29);1H. The van der Waals surface area contributed by atoms with E-state index in [0.29, 0.717) is 30.9 Å². The van der Waals surface area contributed by atoms with Gasteiger partial charge in [-0.1, -0.05) is 18.2 Å². The number of aryl methyl sites for hydroxylation is 1. The fourth-order valence-corrected chi connectivity index (χ4v) is 4.11. The van der Waals surface area contributed by atoms with Gasteiger partial charge >= 0.3 is 5.97 Å². The molecule has 0 radical (unpaired) electrons. The molecule has 1 saturated carbocycles. The summed E-state index contributed by atoms with van der Waals surface area (Å²) in [5.74, 6) is -0.878. The Kier molecular flexibility index (Phi) is 8.02. The molecule has 1 aliphatic carbocycles. The molecule has 11 heteroatoms. The average molecular weight is 482 g/mol. The Morgan fingerprint density at radius 1 is 1.28 bits per heavy atom. The van der Waals surface area contributed by atoms with Crippen LogP contribution < -0.4 is 0 Å². The zero-order chi connectivity index (χ0) is 22.0. The number of carboxylic acids is 1. The molecule has 32 heavy (non-hydrogen) atoms. The quantitative estimate of drug-likeness (QED) is 0.559. The lowest BCUT2D eigenvalue weighted by Crippen LogP contribution is -2.42. The van der Waals surface area contributed by atoms with Gasteiger partial charge in [-0.15, -0.1) is 22.6 Å². The summed E-state index contributed by atoms with van der Waals surface area (Å²) in [5.41, 5.74) is 1.33. The van der Waals surface area contributed by atoms with Crippen LogP contribution >= 0.6 is 25.0 Å². The van der Waals surface area contributed by atoms with Crippen LogP contribution in [0.25, 0.3) is 6.08 Å². The molecule has 1 aromatic heterocycles. The van der Waals surface area contributed by atoms with E-state index in [1.807, 2.05) is 4.90 Å². The highest BCUT2D eigenvalue weighted by Crippen LogP contribution is 2.39. The summed E-state index contributed by atoms with van der Waals surface area (Å²) in [5, 5.41) is 20.8. The van der Waals surface area contributed by atoms with Crippen LogP contribution in [0.2, 0.25) is 0 Å². The first-order valence-corrected chi connectivity index (χ1v) is 10.8. The Bertz CT molecular complexity index is 1010. The number of nitrogens with zero attached hydrogens (tertiary/aromatic N) is 5. The van der Waals surface area contributed by atoms with Crippen molar-refractivity contribution in [3.8, 4) is 0 Å². The van der Waals surface area contributed by atoms with Crippen LogP contribution in [0.15, 0.2) is 29.8 Å². The number of benzene rings is 1. The van der Waals surface area contributed by atoms with Gasteiger partial charge in [0.1, 0.15) is 5.82 Å². The largest absolute Gasteiger partial charge is 0.481 e. The Balaban J connectivity index is 0.00000289. The number of rotatable bonds is 8. The lowest BCUT2D eigenvalue weighted by molar-refractivity contribution is -0.137. The first-order chi connectivity index (χ1) is 14.9. The normalized spacial score (nSPS) is 21.2. The van der Waals surface area contributed by atoms with Gasteiger partial charge in [-0.25, -0.2) is 4.39 Å². The molecule has 0 bridgehead atoms. The number of carboxylic acid groups (broad SMARTS) is 1. The number of tetrazole rings is 1. The second-order valence-corrected chi connectivity index (χ2v) is 8.61. The number of halogens is 2. The number of piperidine rings is 1. The van der Waals surface area contributed by atoms with E-state index in [-0.39, 0.29) is 48.1 Å². The summed E-state index contributed by atoms with van der Waals surface area (Å²) in [4.78, 5) is 27.1. The number of likely N-dealkylation sites (tertiary alicyclic amines) is 1. The molecule has 0 amide bonds. The van der Waals surface area contributed by atoms with Crippen LogP contribution in [0.5, 0.6) is 0 Å². The highest BCUT2D eigenvalue weighted by Gasteiger charge is 2.40. The first-order valence-electron chi connectivity index (χ1n) is 10.3. The van der Waals surface area contributed by atoms with E-state index in [0.717, 1.165) is 18.4 Å². The number of carbonyl (C=O) groups is 2. The molecule has 2 unspecified atom stereocenters. The third-order valence-electron chi connectivity index (χ3n) is 5.63. The maximum Gasteiger partial charge on any atom is 0.305 e. The number of hydrogen-bond acceptors (Lipinski definition) is 7. The third-order valence-corrected chi connectivity index (χ3v) is 6.22. The molecule has 0 spiro atoms. The van der Waals surface area contributed by atoms with Gasteiger partial charge in [-0.2, -0.15) is 17.4 Å². The number of Topliss-reactive ketones (excluding diaryl/α,β-unsaturated/α-hetero) is 1. The van der Waals surface area contributed by atoms with E-state index < -0.39 is 12.0 Å². The molecule has 1 aliphatic heterocycles. The summed E-state index contributed by atoms with van der Waals surface area (Å²) in [6.07, 6.45) is 4.10. The lowest BCUT2D eigenvalue weighted by atomic mass is 9.93. The van der Waals surface area contributed by atoms with Gasteiger partial charge in [0.15, 0.2) is 11.6 Å². The number of carbonyl (C=O) groups excluding carboxylic acids is 1. The molecule has 1 N–H and O–H groups in total. The number of aromatic nitrogens is 4. The second-order valence-electron chi connectivity index (χ2n) is 7.98. The van der Waals surface area contributed by atoms with Crippen LogP contribution in [0.3, 0.4) is 0 Å². The minimum Gasteiger partial charge on any atom is -0.481 e. The Morgan fingerprint density at radius 3 is 2.72 bits per heavy atom. The van der Waals surface area contributed by atoms with Crippen LogP contribution in [0, 0.1) is 11.7 Å². The summed E-state index contributed by atoms with van der Waals surface area (Å²) in [7, 11) is 0. The van der Waals surface area contributed by atoms with Gasteiger partial charge in [-0.05, 0) is 42.2 Å². The molecule has 4 rings (SSSR count). The number of hydrogen-bond donors (Lipinski definition) is 2. The predicted molar refractivity (Wildman–Crippen MR) is 121 cm³/mol. The Labute approximate surface area is 196 Å². The smallest absolute Gasteiger partial charge is 0.305 e. The van der Waals surface area contributed by atoms with E-state index in [1.165, 1.54) is 10.9 Å². The molecule has 1 aromatic carbocycles. The monoisotopic (exact) mass is 481 g/mol. The van der Waals surface area contributed by atoms with Crippen molar-refractivity contribution < 1.29 is 19.1 Å². The topological polar surface area (TPSA) is 101 Å². The molecule has 2 fully saturated rings. The fraction of sp³-hybridized carbons (Fsp3) is 0.476. The van der Waals surface area contributed by atoms with Crippen LogP contribution in [-0.4, -0.2) is 60.3 Å². The van der Waals surface area contributed by atoms with Crippen molar-refractivity contribution in [1.29, 1.82) is 0 Å². The number of thiol groups is 1. The molecule has 1 saturated heterocycles. The number of aliphatic carboxylic acids is 1. The molecule has 8 nitrogen and oxygen atoms in total. The molecule has 2 atom stereocenters. The Morgan fingerprint density at radius 2 is 2.03 bits per heavy atom. The van der Waals surface area contributed by atoms with E-state index in [2.05, 4.69) is 28.0 Å². The van der Waals surface area contributed by atoms with Crippen molar-refractivity contribution in [2.45, 2.75) is 43.5 Å². The highest BCUT2D eigenvalue weighted by molar-refractivity contribution is 7.81. The van der Waals surface area contributed by atoms with E-state index in [4.69, 9.17) is 5.11 Å². The highest BCUT2D eigenvalue weighted by atomic mass is 35.5. The molecule has 2 aromatic rings. The van der Waals surface area contributed by atoms with E-state index in [1.54, 1.807) is 24.3 Å². The molecule has 2 aliphatic rings. The van der Waals surface area contributed by atoms with Gasteiger partial charge in [0.05, 0.1) is 19.0 Å². The third kappa shape index (κ3) is 5.73. The van der Waals surface area contributed by atoms with Crippen molar-refractivity contribution in [3.63, 3.8) is 0 Å². The molecular weight excluding hydrogens is 457 g/mol. The van der Waals surface area contributed by atoms with E-state index >= 15 is 0 Å². The molecular formula is C21H25ClFN5O3S. The van der Waals surface area contributed by atoms with Crippen molar-refractivity contribution in [3.05, 3.63) is 47.0 Å². The second kappa shape index (κ2) is 10.5. The van der Waals surface area contributed by atoms with Crippen LogP contribution in [-0.2, 0) is 16.1 Å². The minimum absolute atomic E-state index is 0. The van der Waals surface area contributed by atoms with Gasteiger partial charge in [0.2, 0.25) is 0 Å². The molecule has 2 heterocycles. The summed E-state index contributed by atoms with van der Waals surface area (Å²) in [6.45, 7) is 1.20. The van der Waals surface area contributed by atoms with Gasteiger partial charge in [-0.3, -0.25) is 14.5 Å². The van der Waals surface area contributed by atoms with Crippen molar-refractivity contribution in [2.75, 3.05) is 13.1 Å². The Hall–Kier alpha value is -2.30. The summed E-state index contributed by atoms with van der Waals surface area (Å²) in [6, 6.07) is 5.84. The van der Waals surface area contributed by atoms with Crippen molar-refractivity contribution in [2.24, 2.45) is 5.92 Å². The predicted octanol–water partition coefficient (Wildman–Crippen LogP) is 2.82. The first kappa shape index (κ1) is 24.3. The van der Waals surface area contributed by atoms with Gasteiger partial charge in [0.25, 0.3) is 0 Å². The van der Waals surface area contributed by atoms with Gasteiger partial charge < -0.3 is 5.11 Å². The average Bonchev–Trinajstić information content (AvgIpc) is 3.50. The van der Waals surface area contributed by atoms with Crippen LogP contribution in [0.1, 0.15) is 43.1 Å². The molecule has 172 valence electrons. The minimum atomic E-state index is -0.935. The van der Waals surface area contributed by atoms with Crippen LogP contribution in [0.4, 0.5) is 4.39 Å². The van der Waals surface area contributed by atoms with Crippen molar-refractivity contribution in [1.82, 2.24) is 25.1 Å². The number of ketones is 1. The fourth-order valence-electron chi connectivity index (χ4n) is 3.84. The maximum absolute atomic E-state index is 14.6. The zero-order valence-corrected chi connectivity index (χ0v) is 19.0. The van der Waals surface area contributed by atoms with E-state index in [9.17, 15) is 14.0 Å². The van der Waals surface area contributed by atoms with Crippen molar-refractivity contribution >= 4 is 42.9 Å². The summed E-state index contributed by atoms with van der Waals surface area (Å²) < 4.78 is 14.6.